The fourth-order valence-corrected chi connectivity index (χ4v) is 5.21. The first-order valence-corrected chi connectivity index (χ1v) is 13.2. The van der Waals surface area contributed by atoms with Gasteiger partial charge in [0, 0.05) is 57.1 Å². The van der Waals surface area contributed by atoms with Crippen molar-refractivity contribution >= 4 is 11.9 Å². The molecule has 1 aliphatic carbocycles. The van der Waals surface area contributed by atoms with Crippen molar-refractivity contribution in [2.75, 3.05) is 31.1 Å². The molecule has 0 atom stereocenters. The van der Waals surface area contributed by atoms with E-state index in [-0.39, 0.29) is 5.91 Å². The summed E-state index contributed by atoms with van der Waals surface area (Å²) in [5.74, 6) is 1.01. The molecule has 0 unspecified atom stereocenters. The monoisotopic (exact) mass is 485 g/mol. The minimum Gasteiger partial charge on any atom is -0.339 e. The topological polar surface area (TPSA) is 91.0 Å². The van der Waals surface area contributed by atoms with Gasteiger partial charge in [-0.1, -0.05) is 43.5 Å². The quantitative estimate of drug-likeness (QED) is 0.468. The number of hydrogen-bond donors (Lipinski definition) is 1. The normalized spacial score (nSPS) is 14.9. The minimum absolute atomic E-state index is 0.261. The first-order chi connectivity index (χ1) is 17.7. The second kappa shape index (κ2) is 11.5. The molecule has 5 rings (SSSR count). The van der Waals surface area contributed by atoms with Gasteiger partial charge in [0.05, 0.1) is 5.69 Å². The number of fused-ring (bicyclic) bond motifs is 3. The van der Waals surface area contributed by atoms with Gasteiger partial charge in [-0.15, -0.1) is 0 Å². The van der Waals surface area contributed by atoms with Gasteiger partial charge in [-0.2, -0.15) is 5.10 Å². The van der Waals surface area contributed by atoms with Crippen molar-refractivity contribution in [1.82, 2.24) is 24.6 Å². The molecule has 3 aromatic rings. The summed E-state index contributed by atoms with van der Waals surface area (Å²) < 4.78 is 1.85. The molecule has 3 heterocycles. The van der Waals surface area contributed by atoms with Gasteiger partial charge < -0.3 is 9.80 Å². The second-order valence-electron chi connectivity index (χ2n) is 9.72. The van der Waals surface area contributed by atoms with Crippen LogP contribution in [0.5, 0.6) is 0 Å². The Labute approximate surface area is 212 Å². The lowest BCUT2D eigenvalue weighted by molar-refractivity contribution is -0.131. The van der Waals surface area contributed by atoms with E-state index in [9.17, 15) is 4.79 Å². The summed E-state index contributed by atoms with van der Waals surface area (Å²) in [4.78, 5) is 25.3. The number of unbranched alkanes of at least 4 members (excludes halogenated alkanes) is 4. The smallest absolute Gasteiger partial charge is 0.225 e. The first-order valence-electron chi connectivity index (χ1n) is 13.2. The molecule has 1 amide bonds. The molecule has 1 aromatic carbocycles. The van der Waals surface area contributed by atoms with E-state index in [1.165, 1.54) is 16.7 Å². The maximum Gasteiger partial charge on any atom is 0.225 e. The largest absolute Gasteiger partial charge is 0.339 e. The molecule has 1 fully saturated rings. The average Bonchev–Trinajstić information content (AvgIpc) is 2.93. The van der Waals surface area contributed by atoms with Crippen molar-refractivity contribution < 1.29 is 4.79 Å². The number of hydrogen-bond acceptors (Lipinski definition) is 6. The first kappa shape index (κ1) is 24.2. The van der Waals surface area contributed by atoms with Crippen LogP contribution in [0.25, 0.3) is 11.3 Å². The highest BCUT2D eigenvalue weighted by Crippen LogP contribution is 2.30. The Hall–Kier alpha value is -3.55. The van der Waals surface area contributed by atoms with Crippen LogP contribution in [0, 0.1) is 5.41 Å². The van der Waals surface area contributed by atoms with Gasteiger partial charge in [0.15, 0.2) is 0 Å². The summed E-state index contributed by atoms with van der Waals surface area (Å²) in [5, 5.41) is 13.3. The van der Waals surface area contributed by atoms with Crippen LogP contribution in [0.1, 0.15) is 49.7 Å². The van der Waals surface area contributed by atoms with Crippen LogP contribution < -0.4 is 10.4 Å². The number of aryl methyl sites for hydroxylation is 3. The summed E-state index contributed by atoms with van der Waals surface area (Å²) in [6.45, 7) is 3.81. The van der Waals surface area contributed by atoms with Crippen LogP contribution in [0.2, 0.25) is 0 Å². The van der Waals surface area contributed by atoms with Gasteiger partial charge in [-0.25, -0.2) is 14.6 Å². The van der Waals surface area contributed by atoms with Crippen molar-refractivity contribution in [2.45, 2.75) is 57.9 Å². The SMILES string of the molecule is N=c1cc2c(nn1CCCCCCCC(=O)N1CCN(c3ncccn3)CC1)-c1ccccc1CC2. The van der Waals surface area contributed by atoms with E-state index in [1.54, 1.807) is 12.4 Å². The zero-order valence-corrected chi connectivity index (χ0v) is 20.9. The average molecular weight is 486 g/mol. The number of carbonyl (C=O) groups excluding carboxylic acids is 1. The Kier molecular flexibility index (Phi) is 7.69. The number of aromatic nitrogens is 4. The number of carbonyl (C=O) groups is 1. The van der Waals surface area contributed by atoms with Gasteiger partial charge in [-0.05, 0) is 48.9 Å². The van der Waals surface area contributed by atoms with Gasteiger partial charge in [0.25, 0.3) is 0 Å². The zero-order chi connectivity index (χ0) is 24.7. The molecule has 1 N–H and O–H groups in total. The van der Waals surface area contributed by atoms with E-state index in [2.05, 4.69) is 39.1 Å². The third-order valence-electron chi connectivity index (χ3n) is 7.28. The zero-order valence-electron chi connectivity index (χ0n) is 20.9. The van der Waals surface area contributed by atoms with Crippen molar-refractivity contribution in [3.8, 4) is 11.3 Å². The lowest BCUT2D eigenvalue weighted by atomic mass is 9.89. The van der Waals surface area contributed by atoms with Crippen molar-refractivity contribution in [3.63, 3.8) is 0 Å². The predicted molar refractivity (Wildman–Crippen MR) is 139 cm³/mol. The van der Waals surface area contributed by atoms with Gasteiger partial charge >= 0.3 is 0 Å². The van der Waals surface area contributed by atoms with Gasteiger partial charge in [0.1, 0.15) is 5.49 Å². The molecule has 188 valence electrons. The van der Waals surface area contributed by atoms with E-state index < -0.39 is 0 Å². The number of nitrogens with one attached hydrogen (secondary N) is 1. The molecular weight excluding hydrogens is 450 g/mol. The molecule has 2 aliphatic rings. The van der Waals surface area contributed by atoms with E-state index >= 15 is 0 Å². The molecule has 0 radical (unpaired) electrons. The summed E-state index contributed by atoms with van der Waals surface area (Å²) in [7, 11) is 0. The maximum atomic E-state index is 12.6. The number of nitrogens with zero attached hydrogens (tertiary/aromatic N) is 6. The molecule has 1 aliphatic heterocycles. The van der Waals surface area contributed by atoms with E-state index in [0.29, 0.717) is 11.9 Å². The van der Waals surface area contributed by atoms with Crippen molar-refractivity contribution in [1.29, 1.82) is 5.41 Å². The molecule has 8 heteroatoms. The standard InChI is InChI=1S/C28H35N7O/c29-25-21-23-13-12-22-9-5-6-10-24(22)27(23)32-35(25)16-7-3-1-2-4-11-26(36)33-17-19-34(20-18-33)28-30-14-8-15-31-28/h5-6,8-10,14-15,21,29H,1-4,7,11-13,16-20H2. The lowest BCUT2D eigenvalue weighted by Crippen LogP contribution is -2.49. The Morgan fingerprint density at radius 2 is 1.58 bits per heavy atom. The molecule has 2 aromatic heterocycles. The minimum atomic E-state index is 0.261. The Morgan fingerprint density at radius 1 is 0.861 bits per heavy atom. The highest BCUT2D eigenvalue weighted by atomic mass is 16.2. The highest BCUT2D eigenvalue weighted by molar-refractivity contribution is 5.76. The third-order valence-corrected chi connectivity index (χ3v) is 7.28. The molecule has 36 heavy (non-hydrogen) atoms. The number of benzene rings is 1. The van der Waals surface area contributed by atoms with Crippen LogP contribution in [0.3, 0.4) is 0 Å². The number of amides is 1. The van der Waals surface area contributed by atoms with Crippen molar-refractivity contribution in [3.05, 3.63) is 65.4 Å². The lowest BCUT2D eigenvalue weighted by Gasteiger charge is -2.34. The van der Waals surface area contributed by atoms with E-state index in [0.717, 1.165) is 89.3 Å². The number of rotatable bonds is 9. The fourth-order valence-electron chi connectivity index (χ4n) is 5.21. The Bertz CT molecular complexity index is 1230. The summed E-state index contributed by atoms with van der Waals surface area (Å²) >= 11 is 0. The number of anilines is 1. The summed E-state index contributed by atoms with van der Waals surface area (Å²) in [5.41, 5.74) is 5.30. The maximum absolute atomic E-state index is 12.6. The van der Waals surface area contributed by atoms with E-state index in [1.807, 2.05) is 21.7 Å². The Morgan fingerprint density at radius 3 is 2.42 bits per heavy atom. The molecule has 0 saturated carbocycles. The van der Waals surface area contributed by atoms with Crippen LogP contribution in [-0.2, 0) is 24.2 Å². The van der Waals surface area contributed by atoms with E-state index in [4.69, 9.17) is 10.5 Å². The van der Waals surface area contributed by atoms with Crippen LogP contribution >= 0.6 is 0 Å². The molecule has 8 nitrogen and oxygen atoms in total. The molecular formula is C28H35N7O. The fraction of sp³-hybridized carbons (Fsp3) is 0.464. The highest BCUT2D eigenvalue weighted by Gasteiger charge is 2.22. The van der Waals surface area contributed by atoms with Gasteiger partial charge in [0.2, 0.25) is 11.9 Å². The molecule has 1 saturated heterocycles. The van der Waals surface area contributed by atoms with Crippen molar-refractivity contribution in [2.24, 2.45) is 0 Å². The third kappa shape index (κ3) is 5.64. The summed E-state index contributed by atoms with van der Waals surface area (Å²) in [6.07, 6.45) is 11.3. The molecule has 0 bridgehead atoms. The number of piperazine rings is 1. The second-order valence-corrected chi connectivity index (χ2v) is 9.72. The predicted octanol–water partition coefficient (Wildman–Crippen LogP) is 3.61. The Balaban J connectivity index is 1.00. The van der Waals surface area contributed by atoms with Crippen LogP contribution in [0.4, 0.5) is 5.95 Å². The van der Waals surface area contributed by atoms with Crippen LogP contribution in [0.15, 0.2) is 48.8 Å². The van der Waals surface area contributed by atoms with Crippen LogP contribution in [-0.4, -0.2) is 56.7 Å². The van der Waals surface area contributed by atoms with Gasteiger partial charge in [-0.3, -0.25) is 10.2 Å². The molecule has 0 spiro atoms. The summed E-state index contributed by atoms with van der Waals surface area (Å²) in [6, 6.07) is 12.3.